The van der Waals surface area contributed by atoms with Crippen molar-refractivity contribution in [2.24, 2.45) is 5.92 Å². The van der Waals surface area contributed by atoms with Crippen molar-refractivity contribution in [2.75, 3.05) is 19.7 Å². The lowest BCUT2D eigenvalue weighted by atomic mass is 9.97. The molecule has 10 nitrogen and oxygen atoms in total. The number of carbonyl (C=O) groups is 5. The Morgan fingerprint density at radius 1 is 1.09 bits per heavy atom. The molecule has 33 heavy (non-hydrogen) atoms. The van der Waals surface area contributed by atoms with Gasteiger partial charge in [-0.05, 0) is 57.7 Å². The smallest absolute Gasteiger partial charge is 0.410 e. The molecule has 1 atom stereocenters. The molecule has 0 bridgehead atoms. The zero-order valence-corrected chi connectivity index (χ0v) is 18.9. The lowest BCUT2D eigenvalue weighted by molar-refractivity contribution is -0.136. The number of rotatable bonds is 5. The number of amides is 5. The minimum atomic E-state index is -0.994. The van der Waals surface area contributed by atoms with E-state index in [9.17, 15) is 24.0 Å². The average molecular weight is 457 g/mol. The van der Waals surface area contributed by atoms with Crippen molar-refractivity contribution in [3.63, 3.8) is 0 Å². The van der Waals surface area contributed by atoms with Crippen molar-refractivity contribution in [3.05, 3.63) is 29.3 Å². The van der Waals surface area contributed by atoms with Crippen LogP contribution in [0.25, 0.3) is 0 Å². The Morgan fingerprint density at radius 2 is 1.79 bits per heavy atom. The van der Waals surface area contributed by atoms with Gasteiger partial charge < -0.3 is 14.4 Å². The Balaban J connectivity index is 1.30. The number of imide groups is 2. The van der Waals surface area contributed by atoms with E-state index in [0.717, 1.165) is 11.3 Å². The number of fused-ring (bicyclic) bond motifs is 1. The molecule has 0 aromatic heterocycles. The van der Waals surface area contributed by atoms with Crippen LogP contribution in [0.3, 0.4) is 0 Å². The van der Waals surface area contributed by atoms with E-state index in [1.807, 2.05) is 20.8 Å². The van der Waals surface area contributed by atoms with Crippen LogP contribution in [0.5, 0.6) is 5.75 Å². The van der Waals surface area contributed by atoms with Crippen LogP contribution in [0.15, 0.2) is 18.2 Å². The predicted octanol–water partition coefficient (Wildman–Crippen LogP) is 1.72. The quantitative estimate of drug-likeness (QED) is 0.668. The average Bonchev–Trinajstić information content (AvgIpc) is 2.92. The first-order valence-electron chi connectivity index (χ1n) is 11.0. The van der Waals surface area contributed by atoms with Gasteiger partial charge >= 0.3 is 6.09 Å². The van der Waals surface area contributed by atoms with Gasteiger partial charge in [0.2, 0.25) is 11.8 Å². The Morgan fingerprint density at radius 3 is 2.45 bits per heavy atom. The van der Waals surface area contributed by atoms with E-state index in [4.69, 9.17) is 9.47 Å². The maximum atomic E-state index is 12.9. The summed E-state index contributed by atoms with van der Waals surface area (Å²) in [5.74, 6) is -1.42. The summed E-state index contributed by atoms with van der Waals surface area (Å²) in [5.41, 5.74) is -0.128. The Labute approximate surface area is 191 Å². The maximum absolute atomic E-state index is 12.9. The fraction of sp³-hybridized carbons (Fsp3) is 0.522. The van der Waals surface area contributed by atoms with E-state index in [1.54, 1.807) is 11.0 Å². The predicted molar refractivity (Wildman–Crippen MR) is 115 cm³/mol. The first-order valence-corrected chi connectivity index (χ1v) is 11.0. The maximum Gasteiger partial charge on any atom is 0.410 e. The van der Waals surface area contributed by atoms with Gasteiger partial charge in [-0.25, -0.2) is 4.79 Å². The van der Waals surface area contributed by atoms with Crippen LogP contribution in [0.4, 0.5) is 4.79 Å². The van der Waals surface area contributed by atoms with Gasteiger partial charge in [0, 0.05) is 19.5 Å². The molecule has 4 rings (SSSR count). The van der Waals surface area contributed by atoms with Crippen LogP contribution in [-0.4, -0.2) is 70.9 Å². The third-order valence-electron chi connectivity index (χ3n) is 5.81. The molecular weight excluding hydrogens is 430 g/mol. The molecule has 176 valence electrons. The van der Waals surface area contributed by atoms with Gasteiger partial charge in [-0.2, -0.15) is 0 Å². The monoisotopic (exact) mass is 457 g/mol. The molecule has 3 aliphatic rings. The summed E-state index contributed by atoms with van der Waals surface area (Å²) in [6, 6.07) is 3.65. The second kappa shape index (κ2) is 8.49. The molecule has 1 aromatic rings. The largest absolute Gasteiger partial charge is 0.494 e. The van der Waals surface area contributed by atoms with Gasteiger partial charge in [-0.15, -0.1) is 0 Å². The van der Waals surface area contributed by atoms with Crippen molar-refractivity contribution >= 4 is 29.7 Å². The fourth-order valence-electron chi connectivity index (χ4n) is 4.11. The number of carbonyl (C=O) groups excluding carboxylic acids is 5. The van der Waals surface area contributed by atoms with Crippen LogP contribution < -0.4 is 10.1 Å². The van der Waals surface area contributed by atoms with E-state index < -0.39 is 35.3 Å². The molecular formula is C23H27N3O7. The Hall–Kier alpha value is -3.43. The zero-order chi connectivity index (χ0) is 23.9. The second-order valence-electron chi connectivity index (χ2n) is 9.54. The standard InChI is InChI=1S/C23H27N3O7/c1-23(2,3)33-22(31)25-11-13(12-25)8-9-32-14-4-5-15-16(10-14)21(30)26(20(15)29)17-6-7-18(27)24-19(17)28/h4-5,10,13,17H,6-9,11-12H2,1-3H3,(H,24,27,28). The molecule has 3 aliphatic heterocycles. The summed E-state index contributed by atoms with van der Waals surface area (Å²) in [5, 5.41) is 2.17. The van der Waals surface area contributed by atoms with E-state index in [2.05, 4.69) is 5.32 Å². The van der Waals surface area contributed by atoms with Crippen molar-refractivity contribution in [3.8, 4) is 5.75 Å². The summed E-state index contributed by atoms with van der Waals surface area (Å²) in [4.78, 5) is 63.7. The number of nitrogens with zero attached hydrogens (tertiary/aromatic N) is 2. The van der Waals surface area contributed by atoms with Gasteiger partial charge in [0.1, 0.15) is 17.4 Å². The molecule has 2 saturated heterocycles. The SMILES string of the molecule is CC(C)(C)OC(=O)N1CC(CCOc2ccc3c(c2)C(=O)N(C2CCC(=O)NC2=O)C3=O)C1. The number of hydrogen-bond acceptors (Lipinski definition) is 7. The van der Waals surface area contributed by atoms with Crippen LogP contribution in [0.1, 0.15) is 60.7 Å². The number of likely N-dealkylation sites (tertiary alicyclic amines) is 1. The van der Waals surface area contributed by atoms with Crippen molar-refractivity contribution in [1.82, 2.24) is 15.1 Å². The van der Waals surface area contributed by atoms with Crippen LogP contribution >= 0.6 is 0 Å². The molecule has 0 saturated carbocycles. The molecule has 1 N–H and O–H groups in total. The summed E-state index contributed by atoms with van der Waals surface area (Å²) >= 11 is 0. The summed E-state index contributed by atoms with van der Waals surface area (Å²) < 4.78 is 11.1. The number of piperidine rings is 1. The number of hydrogen-bond donors (Lipinski definition) is 1. The number of nitrogens with one attached hydrogen (secondary N) is 1. The van der Waals surface area contributed by atoms with Crippen LogP contribution in [0.2, 0.25) is 0 Å². The lowest BCUT2D eigenvalue weighted by Gasteiger charge is -2.39. The molecule has 0 radical (unpaired) electrons. The molecule has 1 aromatic carbocycles. The molecule has 10 heteroatoms. The second-order valence-corrected chi connectivity index (χ2v) is 9.54. The van der Waals surface area contributed by atoms with E-state index >= 15 is 0 Å². The van der Waals surface area contributed by atoms with Crippen LogP contribution in [-0.2, 0) is 14.3 Å². The van der Waals surface area contributed by atoms with Gasteiger partial charge in [0.05, 0.1) is 17.7 Å². The highest BCUT2D eigenvalue weighted by Crippen LogP contribution is 2.30. The van der Waals surface area contributed by atoms with Crippen LogP contribution in [0, 0.1) is 5.92 Å². The zero-order valence-electron chi connectivity index (χ0n) is 18.9. The highest BCUT2D eigenvalue weighted by Gasteiger charge is 2.44. The van der Waals surface area contributed by atoms with Crippen molar-refractivity contribution in [1.29, 1.82) is 0 Å². The molecule has 1 unspecified atom stereocenters. The minimum absolute atomic E-state index is 0.0741. The van der Waals surface area contributed by atoms with Gasteiger partial charge in [-0.1, -0.05) is 0 Å². The first kappa shape index (κ1) is 22.8. The highest BCUT2D eigenvalue weighted by molar-refractivity contribution is 6.23. The number of benzene rings is 1. The van der Waals surface area contributed by atoms with E-state index in [1.165, 1.54) is 12.1 Å². The van der Waals surface area contributed by atoms with Gasteiger partial charge in [0.15, 0.2) is 0 Å². The highest BCUT2D eigenvalue weighted by atomic mass is 16.6. The molecule has 5 amide bonds. The molecule has 2 fully saturated rings. The van der Waals surface area contributed by atoms with E-state index in [0.29, 0.717) is 31.4 Å². The normalized spacial score (nSPS) is 21.0. The molecule has 0 spiro atoms. The lowest BCUT2D eigenvalue weighted by Crippen LogP contribution is -2.54. The van der Waals surface area contributed by atoms with Crippen molar-refractivity contribution < 1.29 is 33.4 Å². The summed E-state index contributed by atoms with van der Waals surface area (Å²) in [6.45, 7) is 7.09. The number of ether oxygens (including phenoxy) is 2. The van der Waals surface area contributed by atoms with Crippen molar-refractivity contribution in [2.45, 2.75) is 51.7 Å². The summed E-state index contributed by atoms with van der Waals surface area (Å²) in [7, 11) is 0. The Bertz CT molecular complexity index is 1020. The topological polar surface area (TPSA) is 122 Å². The molecule has 0 aliphatic carbocycles. The summed E-state index contributed by atoms with van der Waals surface area (Å²) in [6.07, 6.45) is 0.597. The third kappa shape index (κ3) is 4.69. The Kier molecular flexibility index (Phi) is 5.85. The first-order chi connectivity index (χ1) is 15.5. The molecule has 3 heterocycles. The minimum Gasteiger partial charge on any atom is -0.494 e. The van der Waals surface area contributed by atoms with Gasteiger partial charge in [0.25, 0.3) is 11.8 Å². The van der Waals surface area contributed by atoms with E-state index in [-0.39, 0.29) is 30.1 Å². The third-order valence-corrected chi connectivity index (χ3v) is 5.81. The fourth-order valence-corrected chi connectivity index (χ4v) is 4.11. The van der Waals surface area contributed by atoms with Gasteiger partial charge in [-0.3, -0.25) is 29.4 Å².